The first-order valence-electron chi connectivity index (χ1n) is 10.2. The van der Waals surface area contributed by atoms with Crippen LogP contribution in [0.3, 0.4) is 0 Å². The van der Waals surface area contributed by atoms with E-state index >= 15 is 0 Å². The molecule has 4 aromatic rings. The lowest BCUT2D eigenvalue weighted by atomic mass is 10.1. The summed E-state index contributed by atoms with van der Waals surface area (Å²) in [6, 6.07) is 22.3. The van der Waals surface area contributed by atoms with Gasteiger partial charge in [-0.2, -0.15) is 4.98 Å². The first-order valence-corrected chi connectivity index (χ1v) is 11.1. The van der Waals surface area contributed by atoms with Gasteiger partial charge in [0.25, 0.3) is 5.19 Å². The van der Waals surface area contributed by atoms with Crippen LogP contribution in [0.5, 0.6) is 16.7 Å². The third kappa shape index (κ3) is 4.61. The maximum atomic E-state index is 6.10. The van der Waals surface area contributed by atoms with Crippen molar-refractivity contribution in [3.63, 3.8) is 0 Å². The van der Waals surface area contributed by atoms with Crippen LogP contribution in [0.4, 0.5) is 0 Å². The highest BCUT2D eigenvalue weighted by Crippen LogP contribution is 2.30. The lowest BCUT2D eigenvalue weighted by Crippen LogP contribution is -2.37. The van der Waals surface area contributed by atoms with Gasteiger partial charge in [0, 0.05) is 25.8 Å². The number of likely N-dealkylation sites (tertiary alicyclic amines) is 1. The number of rotatable bonds is 6. The number of para-hydroxylation sites is 1. The predicted octanol–water partition coefficient (Wildman–Crippen LogP) is 5.53. The monoisotopic (exact) mass is 417 g/mol. The number of piperidine rings is 1. The van der Waals surface area contributed by atoms with Crippen LogP contribution in [0.15, 0.2) is 72.9 Å². The summed E-state index contributed by atoms with van der Waals surface area (Å²) in [4.78, 5) is 11.2. The minimum Gasteiger partial charge on any atom is -0.490 e. The number of thiazole rings is 1. The van der Waals surface area contributed by atoms with E-state index < -0.39 is 0 Å². The number of ether oxygens (including phenoxy) is 2. The molecule has 2 aromatic carbocycles. The van der Waals surface area contributed by atoms with Crippen molar-refractivity contribution < 1.29 is 9.47 Å². The minimum atomic E-state index is 0.308. The quantitative estimate of drug-likeness (QED) is 0.413. The van der Waals surface area contributed by atoms with Crippen LogP contribution in [-0.4, -0.2) is 34.1 Å². The average molecular weight is 418 g/mol. The molecule has 0 aliphatic carbocycles. The van der Waals surface area contributed by atoms with Gasteiger partial charge in [0.15, 0.2) is 5.65 Å². The summed E-state index contributed by atoms with van der Waals surface area (Å²) < 4.78 is 13.0. The summed E-state index contributed by atoms with van der Waals surface area (Å²) in [6.45, 7) is 3.05. The molecule has 5 rings (SSSR count). The Morgan fingerprint density at radius 1 is 0.900 bits per heavy atom. The number of pyridine rings is 1. The van der Waals surface area contributed by atoms with E-state index in [0.717, 1.165) is 54.3 Å². The summed E-state index contributed by atoms with van der Waals surface area (Å²) in [5.74, 6) is 1.77. The standard InChI is InChI=1S/C24H23N3O2S/c1-2-5-19(6-3-1)28-21-12-15-27(16-13-21)17-18-8-10-20(11-9-18)29-24-26-23-22(30-24)7-4-14-25-23/h1-11,14,21H,12-13,15-17H2. The molecule has 1 aliphatic rings. The molecule has 1 aliphatic heterocycles. The lowest BCUT2D eigenvalue weighted by molar-refractivity contribution is 0.0968. The van der Waals surface area contributed by atoms with Gasteiger partial charge in [-0.25, -0.2) is 4.98 Å². The number of nitrogens with zero attached hydrogens (tertiary/aromatic N) is 3. The summed E-state index contributed by atoms with van der Waals surface area (Å²) in [5.41, 5.74) is 2.02. The fourth-order valence-electron chi connectivity index (χ4n) is 3.69. The van der Waals surface area contributed by atoms with Crippen LogP contribution in [0.1, 0.15) is 18.4 Å². The van der Waals surface area contributed by atoms with Crippen molar-refractivity contribution in [2.45, 2.75) is 25.5 Å². The first kappa shape index (κ1) is 19.0. The lowest BCUT2D eigenvalue weighted by Gasteiger charge is -2.32. The number of fused-ring (bicyclic) bond motifs is 1. The van der Waals surface area contributed by atoms with E-state index in [4.69, 9.17) is 9.47 Å². The third-order valence-electron chi connectivity index (χ3n) is 5.26. The second-order valence-corrected chi connectivity index (χ2v) is 8.45. The van der Waals surface area contributed by atoms with Gasteiger partial charge in [0.05, 0.1) is 4.70 Å². The Labute approximate surface area is 179 Å². The molecule has 6 heteroatoms. The van der Waals surface area contributed by atoms with Crippen molar-refractivity contribution in [1.82, 2.24) is 14.9 Å². The fraction of sp³-hybridized carbons (Fsp3) is 0.250. The van der Waals surface area contributed by atoms with Crippen LogP contribution in [-0.2, 0) is 6.54 Å². The van der Waals surface area contributed by atoms with Gasteiger partial charge in [-0.15, -0.1) is 0 Å². The molecule has 0 saturated carbocycles. The number of hydrogen-bond acceptors (Lipinski definition) is 6. The molecule has 0 spiro atoms. The molecular formula is C24H23N3O2S. The van der Waals surface area contributed by atoms with E-state index in [1.165, 1.54) is 16.9 Å². The highest BCUT2D eigenvalue weighted by molar-refractivity contribution is 7.20. The molecule has 0 bridgehead atoms. The third-order valence-corrected chi connectivity index (χ3v) is 6.15. The molecule has 1 fully saturated rings. The van der Waals surface area contributed by atoms with Crippen molar-refractivity contribution in [2.75, 3.05) is 13.1 Å². The second kappa shape index (κ2) is 8.81. The number of hydrogen-bond donors (Lipinski definition) is 0. The summed E-state index contributed by atoms with van der Waals surface area (Å²) >= 11 is 1.51. The van der Waals surface area contributed by atoms with E-state index in [1.54, 1.807) is 6.20 Å². The van der Waals surface area contributed by atoms with Crippen molar-refractivity contribution in [1.29, 1.82) is 0 Å². The van der Waals surface area contributed by atoms with Gasteiger partial charge in [0.2, 0.25) is 0 Å². The Morgan fingerprint density at radius 2 is 1.70 bits per heavy atom. The first-order chi connectivity index (χ1) is 14.8. The largest absolute Gasteiger partial charge is 0.490 e. The van der Waals surface area contributed by atoms with E-state index in [9.17, 15) is 0 Å². The Bertz CT molecular complexity index is 1060. The molecule has 0 N–H and O–H groups in total. The SMILES string of the molecule is c1ccc(OC2CCN(Cc3ccc(Oc4nc5ncccc5s4)cc3)CC2)cc1. The highest BCUT2D eigenvalue weighted by Gasteiger charge is 2.20. The Balaban J connectivity index is 1.13. The zero-order valence-electron chi connectivity index (χ0n) is 16.6. The molecule has 1 saturated heterocycles. The molecule has 0 unspecified atom stereocenters. The normalized spacial score (nSPS) is 15.3. The van der Waals surface area contributed by atoms with Crippen molar-refractivity contribution in [3.8, 4) is 16.7 Å². The summed E-state index contributed by atoms with van der Waals surface area (Å²) in [7, 11) is 0. The Hall–Kier alpha value is -2.96. The van der Waals surface area contributed by atoms with E-state index in [-0.39, 0.29) is 0 Å². The minimum absolute atomic E-state index is 0.308. The Morgan fingerprint density at radius 3 is 2.47 bits per heavy atom. The molecule has 30 heavy (non-hydrogen) atoms. The van der Waals surface area contributed by atoms with Crippen LogP contribution in [0, 0.1) is 0 Å². The van der Waals surface area contributed by atoms with Crippen LogP contribution in [0.25, 0.3) is 10.3 Å². The zero-order chi connectivity index (χ0) is 20.2. The molecular weight excluding hydrogens is 394 g/mol. The predicted molar refractivity (Wildman–Crippen MR) is 119 cm³/mol. The molecule has 152 valence electrons. The van der Waals surface area contributed by atoms with Gasteiger partial charge in [-0.05, 0) is 54.8 Å². The maximum Gasteiger partial charge on any atom is 0.281 e. The van der Waals surface area contributed by atoms with Crippen molar-refractivity contribution >= 4 is 21.7 Å². The van der Waals surface area contributed by atoms with Crippen LogP contribution >= 0.6 is 11.3 Å². The molecule has 2 aromatic heterocycles. The van der Waals surface area contributed by atoms with Gasteiger partial charge in [-0.1, -0.05) is 41.7 Å². The topological polar surface area (TPSA) is 47.5 Å². The van der Waals surface area contributed by atoms with Gasteiger partial charge in [-0.3, -0.25) is 4.90 Å². The number of aromatic nitrogens is 2. The molecule has 0 radical (unpaired) electrons. The summed E-state index contributed by atoms with van der Waals surface area (Å²) in [6.07, 6.45) is 4.17. The van der Waals surface area contributed by atoms with E-state index in [0.29, 0.717) is 11.3 Å². The summed E-state index contributed by atoms with van der Waals surface area (Å²) in [5, 5.41) is 0.622. The number of benzene rings is 2. The fourth-order valence-corrected chi connectivity index (χ4v) is 4.49. The van der Waals surface area contributed by atoms with Crippen molar-refractivity contribution in [3.05, 3.63) is 78.5 Å². The maximum absolute atomic E-state index is 6.10. The molecule has 0 atom stereocenters. The molecule has 0 amide bonds. The van der Waals surface area contributed by atoms with Gasteiger partial charge >= 0.3 is 0 Å². The van der Waals surface area contributed by atoms with Gasteiger partial charge < -0.3 is 9.47 Å². The Kier molecular flexibility index (Phi) is 5.59. The average Bonchev–Trinajstić information content (AvgIpc) is 3.19. The molecule has 5 nitrogen and oxygen atoms in total. The van der Waals surface area contributed by atoms with E-state index in [2.05, 4.69) is 27.0 Å². The highest BCUT2D eigenvalue weighted by atomic mass is 32.1. The van der Waals surface area contributed by atoms with Crippen molar-refractivity contribution in [2.24, 2.45) is 0 Å². The smallest absolute Gasteiger partial charge is 0.281 e. The second-order valence-electron chi connectivity index (χ2n) is 7.46. The van der Waals surface area contributed by atoms with Gasteiger partial charge in [0.1, 0.15) is 17.6 Å². The van der Waals surface area contributed by atoms with E-state index in [1.807, 2.05) is 54.6 Å². The van der Waals surface area contributed by atoms with Crippen LogP contribution < -0.4 is 9.47 Å². The molecule has 3 heterocycles. The van der Waals surface area contributed by atoms with Crippen LogP contribution in [0.2, 0.25) is 0 Å². The zero-order valence-corrected chi connectivity index (χ0v) is 17.4.